The Hall–Kier alpha value is -1.36. The number of nitrogens with one attached hydrogen (secondary N) is 1. The monoisotopic (exact) mass is 422 g/mol. The van der Waals surface area contributed by atoms with Crippen molar-refractivity contribution in [2.75, 3.05) is 58.0 Å². The van der Waals surface area contributed by atoms with Crippen molar-refractivity contribution >= 4 is 11.4 Å². The predicted octanol–water partition coefficient (Wildman–Crippen LogP) is 4.93. The first-order chi connectivity index (χ1) is 14.3. The van der Waals surface area contributed by atoms with Crippen LogP contribution in [0.15, 0.2) is 9.59 Å². The zero-order valence-electron chi connectivity index (χ0n) is 20.5. The zero-order valence-corrected chi connectivity index (χ0v) is 20.5. The van der Waals surface area contributed by atoms with E-state index in [4.69, 9.17) is 0 Å². The van der Waals surface area contributed by atoms with Gasteiger partial charge in [0.1, 0.15) is 11.4 Å². The molecule has 0 spiro atoms. The van der Waals surface area contributed by atoms with Gasteiger partial charge in [-0.15, -0.1) is 0 Å². The Morgan fingerprint density at radius 3 is 1.67 bits per heavy atom. The molecule has 0 amide bonds. The van der Waals surface area contributed by atoms with Crippen LogP contribution in [-0.4, -0.2) is 52.3 Å². The molecule has 0 saturated heterocycles. The molecule has 0 bridgehead atoms. The maximum atomic E-state index is 12.0. The number of likely N-dealkylation sites (N-methyl/N-ethyl adjacent to an activating group) is 2. The quantitative estimate of drug-likeness (QED) is 0.195. The molecule has 0 aliphatic heterocycles. The van der Waals surface area contributed by atoms with Crippen molar-refractivity contribution in [2.24, 2.45) is 0 Å². The van der Waals surface area contributed by atoms with Crippen LogP contribution >= 0.6 is 0 Å². The van der Waals surface area contributed by atoms with Crippen molar-refractivity contribution in [2.45, 2.75) is 90.4 Å². The molecule has 5 heteroatoms. The minimum absolute atomic E-state index is 0.341. The van der Waals surface area contributed by atoms with Gasteiger partial charge in [-0.3, -0.25) is 9.59 Å². The topological polar surface area (TPSA) is 49.4 Å². The Morgan fingerprint density at radius 2 is 1.20 bits per heavy atom. The molecular weight excluding hydrogens is 374 g/mol. The molecule has 0 unspecified atom stereocenters. The van der Waals surface area contributed by atoms with Crippen molar-refractivity contribution in [1.29, 1.82) is 0 Å². The summed E-state index contributed by atoms with van der Waals surface area (Å²) in [5, 5.41) is 3.23. The van der Waals surface area contributed by atoms with E-state index < -0.39 is 0 Å². The summed E-state index contributed by atoms with van der Waals surface area (Å²) in [6, 6.07) is 0. The van der Waals surface area contributed by atoms with Crippen molar-refractivity contribution in [1.82, 2.24) is 0 Å². The maximum Gasteiger partial charge on any atom is 0.253 e. The third kappa shape index (κ3) is 10.6. The second-order valence-electron chi connectivity index (χ2n) is 9.99. The first-order valence-electron chi connectivity index (χ1n) is 12.4. The largest absolute Gasteiger partial charge is 0.380 e. The SMILES string of the molecule is CCCCCCCCCCCCCCCNc1c(N(C)CC[N+](C)(C)C)c(=O)c1=O. The fraction of sp³-hybridized carbons (Fsp3) is 0.840. The molecule has 30 heavy (non-hydrogen) atoms. The van der Waals surface area contributed by atoms with Crippen LogP contribution in [0.1, 0.15) is 90.4 Å². The summed E-state index contributed by atoms with van der Waals surface area (Å²) in [6.07, 6.45) is 17.3. The molecule has 174 valence electrons. The van der Waals surface area contributed by atoms with E-state index in [9.17, 15) is 9.59 Å². The van der Waals surface area contributed by atoms with Gasteiger partial charge in [-0.05, 0) is 6.42 Å². The van der Waals surface area contributed by atoms with Gasteiger partial charge < -0.3 is 14.7 Å². The summed E-state index contributed by atoms with van der Waals surface area (Å²) < 4.78 is 0.835. The Balaban J connectivity index is 2.09. The highest BCUT2D eigenvalue weighted by atomic mass is 16.2. The third-order valence-corrected chi connectivity index (χ3v) is 5.96. The van der Waals surface area contributed by atoms with Crippen LogP contribution in [0.3, 0.4) is 0 Å². The predicted molar refractivity (Wildman–Crippen MR) is 132 cm³/mol. The van der Waals surface area contributed by atoms with Crippen LogP contribution in [0.25, 0.3) is 0 Å². The van der Waals surface area contributed by atoms with E-state index in [2.05, 4.69) is 33.4 Å². The Morgan fingerprint density at radius 1 is 0.733 bits per heavy atom. The van der Waals surface area contributed by atoms with E-state index >= 15 is 0 Å². The molecular formula is C25H48N3O2+. The lowest BCUT2D eigenvalue weighted by Gasteiger charge is -2.29. The molecule has 0 aliphatic carbocycles. The smallest absolute Gasteiger partial charge is 0.253 e. The highest BCUT2D eigenvalue weighted by Crippen LogP contribution is 2.19. The standard InChI is InChI=1S/C25H47N3O2/c1-6-7-8-9-10-11-12-13-14-15-16-17-18-19-26-22-23(25(30)24(22)29)27(2)20-21-28(3,4)5/h6-21H2,1-5H3/p+1. The fourth-order valence-corrected chi connectivity index (χ4v) is 3.83. The lowest BCUT2D eigenvalue weighted by molar-refractivity contribution is -0.868. The van der Waals surface area contributed by atoms with Gasteiger partial charge in [-0.25, -0.2) is 0 Å². The summed E-state index contributed by atoms with van der Waals surface area (Å²) >= 11 is 0. The molecule has 0 radical (unpaired) electrons. The van der Waals surface area contributed by atoms with Crippen molar-refractivity contribution in [3.63, 3.8) is 0 Å². The molecule has 0 aliphatic rings. The molecule has 5 nitrogen and oxygen atoms in total. The second-order valence-corrected chi connectivity index (χ2v) is 9.99. The summed E-state index contributed by atoms with van der Waals surface area (Å²) in [6.45, 7) is 4.74. The normalized spacial score (nSPS) is 11.9. The van der Waals surface area contributed by atoms with Gasteiger partial charge in [0.25, 0.3) is 10.9 Å². The van der Waals surface area contributed by atoms with E-state index in [0.717, 1.165) is 30.5 Å². The van der Waals surface area contributed by atoms with Gasteiger partial charge in [0.05, 0.1) is 34.2 Å². The Bertz CT molecular complexity index is 642. The molecule has 0 atom stereocenters. The van der Waals surface area contributed by atoms with Crippen molar-refractivity contribution < 1.29 is 4.48 Å². The van der Waals surface area contributed by atoms with Crippen LogP contribution in [0.5, 0.6) is 0 Å². The lowest BCUT2D eigenvalue weighted by Crippen LogP contribution is -2.46. The van der Waals surface area contributed by atoms with E-state index in [-0.39, 0.29) is 10.9 Å². The van der Waals surface area contributed by atoms with Crippen molar-refractivity contribution in [3.8, 4) is 0 Å². The van der Waals surface area contributed by atoms with Gasteiger partial charge in [0.15, 0.2) is 0 Å². The highest BCUT2D eigenvalue weighted by Gasteiger charge is 2.24. The summed E-state index contributed by atoms with van der Waals surface area (Å²) in [5.74, 6) is 0. The molecule has 0 heterocycles. The average molecular weight is 423 g/mol. The molecule has 0 saturated carbocycles. The van der Waals surface area contributed by atoms with Crippen LogP contribution in [0.2, 0.25) is 0 Å². The number of nitrogens with zero attached hydrogens (tertiary/aromatic N) is 2. The van der Waals surface area contributed by atoms with Crippen LogP contribution in [-0.2, 0) is 0 Å². The minimum atomic E-state index is -0.350. The first kappa shape index (κ1) is 26.7. The number of hydrogen-bond donors (Lipinski definition) is 1. The zero-order chi connectivity index (χ0) is 22.4. The molecule has 0 aromatic heterocycles. The van der Waals surface area contributed by atoms with E-state index in [1.165, 1.54) is 77.0 Å². The van der Waals surface area contributed by atoms with E-state index in [0.29, 0.717) is 11.4 Å². The summed E-state index contributed by atoms with van der Waals surface area (Å²) in [5.41, 5.74) is 0.412. The summed E-state index contributed by atoms with van der Waals surface area (Å²) in [7, 11) is 8.29. The number of anilines is 2. The molecule has 1 N–H and O–H groups in total. The number of unbranched alkanes of at least 4 members (excludes halogenated alkanes) is 12. The van der Waals surface area contributed by atoms with Crippen LogP contribution < -0.4 is 21.1 Å². The summed E-state index contributed by atoms with van der Waals surface area (Å²) in [4.78, 5) is 25.9. The molecule has 0 fully saturated rings. The van der Waals surface area contributed by atoms with Crippen LogP contribution in [0, 0.1) is 0 Å². The van der Waals surface area contributed by atoms with Crippen molar-refractivity contribution in [3.05, 3.63) is 20.4 Å². The fourth-order valence-electron chi connectivity index (χ4n) is 3.83. The number of quaternary nitrogens is 1. The lowest BCUT2D eigenvalue weighted by atomic mass is 10.0. The molecule has 1 aromatic rings. The van der Waals surface area contributed by atoms with Gasteiger partial charge >= 0.3 is 0 Å². The Kier molecular flexibility index (Phi) is 13.0. The van der Waals surface area contributed by atoms with Gasteiger partial charge in [-0.2, -0.15) is 0 Å². The van der Waals surface area contributed by atoms with Gasteiger partial charge in [0.2, 0.25) is 0 Å². The highest BCUT2D eigenvalue weighted by molar-refractivity contribution is 5.74. The maximum absolute atomic E-state index is 12.0. The van der Waals surface area contributed by atoms with E-state index in [1.54, 1.807) is 0 Å². The number of rotatable bonds is 19. The number of hydrogen-bond acceptors (Lipinski definition) is 4. The average Bonchev–Trinajstić information content (AvgIpc) is 2.70. The second kappa shape index (κ2) is 14.6. The molecule has 1 rings (SSSR count). The van der Waals surface area contributed by atoms with Gasteiger partial charge in [0, 0.05) is 13.6 Å². The first-order valence-corrected chi connectivity index (χ1v) is 12.4. The van der Waals surface area contributed by atoms with Crippen LogP contribution in [0.4, 0.5) is 11.4 Å². The Labute approximate surface area is 185 Å². The minimum Gasteiger partial charge on any atom is -0.380 e. The van der Waals surface area contributed by atoms with Gasteiger partial charge in [-0.1, -0.05) is 84.0 Å². The van der Waals surface area contributed by atoms with E-state index in [1.807, 2.05) is 11.9 Å². The molecule has 1 aromatic carbocycles. The third-order valence-electron chi connectivity index (χ3n) is 5.96.